The third-order valence-electron chi connectivity index (χ3n) is 6.13. The largest absolute Gasteiger partial charge is 0.437 e. The van der Waals surface area contributed by atoms with Crippen LogP contribution in [0.25, 0.3) is 22.2 Å². The molecule has 44 heavy (non-hydrogen) atoms. The van der Waals surface area contributed by atoms with Crippen LogP contribution >= 0.6 is 0 Å². The zero-order valence-corrected chi connectivity index (χ0v) is 21.8. The lowest BCUT2D eigenvalue weighted by atomic mass is 10.1. The molecular weight excluding hydrogens is 619 g/mol. The number of nitrogen functional groups attached to an aromatic ring is 1. The van der Waals surface area contributed by atoms with Crippen LogP contribution in [0.5, 0.6) is 0 Å². The number of alkyl halides is 8. The molecule has 0 aliphatic rings. The Bertz CT molecular complexity index is 1770. The lowest BCUT2D eigenvalue weighted by Gasteiger charge is -2.22. The fourth-order valence-electron chi connectivity index (χ4n) is 4.19. The van der Waals surface area contributed by atoms with Crippen LogP contribution in [0.4, 0.5) is 51.0 Å². The maximum Gasteiger partial charge on any atom is 0.437 e. The molecule has 0 bridgehead atoms. The van der Waals surface area contributed by atoms with Gasteiger partial charge in [0.05, 0.1) is 47.6 Å². The molecule has 4 rings (SSSR count). The topological polar surface area (TPSA) is 154 Å². The zero-order valence-electron chi connectivity index (χ0n) is 21.8. The number of aryl methyl sites for hydroxylation is 1. The fraction of sp³-hybridized carbons (Fsp3) is 0.333. The quantitative estimate of drug-likeness (QED) is 0.217. The van der Waals surface area contributed by atoms with Gasteiger partial charge in [-0.2, -0.15) is 40.2 Å². The number of hydrogen-bond acceptors (Lipinski definition) is 9. The van der Waals surface area contributed by atoms with Crippen molar-refractivity contribution in [1.82, 2.24) is 29.7 Å². The third-order valence-corrected chi connectivity index (χ3v) is 6.13. The molecule has 0 aliphatic carbocycles. The minimum atomic E-state index is -5.10. The predicted octanol–water partition coefficient (Wildman–Crippen LogP) is 4.20. The summed E-state index contributed by atoms with van der Waals surface area (Å²) >= 11 is 0. The molecule has 1 unspecified atom stereocenters. The first kappa shape index (κ1) is 32.2. The van der Waals surface area contributed by atoms with Gasteiger partial charge in [-0.05, 0) is 25.0 Å². The Labute approximate surface area is 238 Å². The Morgan fingerprint density at radius 2 is 1.77 bits per heavy atom. The van der Waals surface area contributed by atoms with Gasteiger partial charge in [0.1, 0.15) is 11.4 Å². The summed E-state index contributed by atoms with van der Waals surface area (Å²) in [6.45, 7) is -4.19. The standard InChI is InChI=1S/C24H19F9N8O3/c25-13-4-12-14(5-11(13)15-6-35-18(19(34)39-15)24(31,32)33)36-9-41(21(12)43)3-1-2-10(8-44-22(26)27)38-16-7-37-40-20(42)17(16)23(28,29)30/h4-7,9-10,22H,1-3,8H2,(H2,34,39)(H2,38,40,42). The smallest absolute Gasteiger partial charge is 0.382 e. The molecule has 0 radical (unpaired) electrons. The average Bonchev–Trinajstić information content (AvgIpc) is 2.91. The number of anilines is 2. The Morgan fingerprint density at radius 3 is 2.41 bits per heavy atom. The highest BCUT2D eigenvalue weighted by Gasteiger charge is 2.38. The van der Waals surface area contributed by atoms with Gasteiger partial charge in [0, 0.05) is 18.2 Å². The molecule has 4 aromatic rings. The van der Waals surface area contributed by atoms with E-state index < -0.39 is 71.3 Å². The summed E-state index contributed by atoms with van der Waals surface area (Å²) in [5, 5.41) is 7.03. The summed E-state index contributed by atoms with van der Waals surface area (Å²) in [7, 11) is 0. The molecule has 0 saturated heterocycles. The van der Waals surface area contributed by atoms with Gasteiger partial charge >= 0.3 is 19.0 Å². The number of aromatic nitrogens is 6. The van der Waals surface area contributed by atoms with E-state index in [4.69, 9.17) is 5.73 Å². The summed E-state index contributed by atoms with van der Waals surface area (Å²) < 4.78 is 124. The van der Waals surface area contributed by atoms with Crippen LogP contribution in [0, 0.1) is 5.82 Å². The highest BCUT2D eigenvalue weighted by atomic mass is 19.4. The van der Waals surface area contributed by atoms with E-state index in [1.807, 2.05) is 0 Å². The van der Waals surface area contributed by atoms with Gasteiger partial charge in [0.25, 0.3) is 11.1 Å². The van der Waals surface area contributed by atoms with Crippen LogP contribution in [0.1, 0.15) is 24.1 Å². The van der Waals surface area contributed by atoms with Crippen molar-refractivity contribution in [3.05, 3.63) is 68.6 Å². The normalized spacial score (nSPS) is 13.0. The molecule has 20 heteroatoms. The number of ether oxygens (including phenoxy) is 1. The van der Waals surface area contributed by atoms with Crippen LogP contribution in [0.15, 0.2) is 40.4 Å². The lowest BCUT2D eigenvalue weighted by molar-refractivity contribution is -0.140. The van der Waals surface area contributed by atoms with E-state index >= 15 is 0 Å². The molecular formula is C24H19F9N8O3. The average molecular weight is 638 g/mol. The molecule has 0 saturated carbocycles. The minimum absolute atomic E-state index is 0.0175. The summed E-state index contributed by atoms with van der Waals surface area (Å²) in [4.78, 5) is 35.5. The Kier molecular flexibility index (Phi) is 9.11. The number of benzene rings is 1. The second kappa shape index (κ2) is 12.5. The number of nitrogens with two attached hydrogens (primary N) is 1. The monoisotopic (exact) mass is 638 g/mol. The first-order valence-electron chi connectivity index (χ1n) is 12.3. The molecule has 1 atom stereocenters. The molecule has 3 aromatic heterocycles. The molecule has 11 nitrogen and oxygen atoms in total. The molecule has 0 spiro atoms. The van der Waals surface area contributed by atoms with Crippen molar-refractivity contribution in [2.45, 2.75) is 44.4 Å². The highest BCUT2D eigenvalue weighted by Crippen LogP contribution is 2.33. The van der Waals surface area contributed by atoms with E-state index in [-0.39, 0.29) is 41.5 Å². The predicted molar refractivity (Wildman–Crippen MR) is 135 cm³/mol. The summed E-state index contributed by atoms with van der Waals surface area (Å²) in [5.41, 5.74) is -1.61. The van der Waals surface area contributed by atoms with Crippen molar-refractivity contribution in [1.29, 1.82) is 0 Å². The minimum Gasteiger partial charge on any atom is -0.382 e. The number of nitrogens with zero attached hydrogens (tertiary/aromatic N) is 5. The Hall–Kier alpha value is -4.75. The van der Waals surface area contributed by atoms with E-state index in [0.717, 1.165) is 23.0 Å². The number of rotatable bonds is 10. The SMILES string of the molecule is Nc1nc(-c2cc3ncn(CCCC(COC(F)F)Nc4cn[nH]c(=O)c4C(F)(F)F)c(=O)c3cc2F)cnc1C(F)(F)F. The first-order valence-corrected chi connectivity index (χ1v) is 12.3. The molecule has 0 aliphatic heterocycles. The van der Waals surface area contributed by atoms with Gasteiger partial charge in [0.15, 0.2) is 11.5 Å². The van der Waals surface area contributed by atoms with Crippen molar-refractivity contribution in [3.8, 4) is 11.3 Å². The highest BCUT2D eigenvalue weighted by molar-refractivity contribution is 5.83. The summed E-state index contributed by atoms with van der Waals surface area (Å²) in [6.07, 6.45) is -7.78. The number of nitrogens with one attached hydrogen (secondary N) is 2. The van der Waals surface area contributed by atoms with Crippen LogP contribution in [0.2, 0.25) is 0 Å². The molecule has 3 heterocycles. The maximum atomic E-state index is 14.9. The second-order valence-corrected chi connectivity index (χ2v) is 9.14. The Balaban J connectivity index is 1.54. The van der Waals surface area contributed by atoms with E-state index in [1.165, 1.54) is 0 Å². The number of aromatic amines is 1. The van der Waals surface area contributed by atoms with E-state index in [2.05, 4.69) is 30.1 Å². The van der Waals surface area contributed by atoms with Crippen LogP contribution < -0.4 is 22.2 Å². The van der Waals surface area contributed by atoms with E-state index in [1.54, 1.807) is 5.10 Å². The van der Waals surface area contributed by atoms with E-state index in [9.17, 15) is 49.1 Å². The van der Waals surface area contributed by atoms with Gasteiger partial charge in [-0.1, -0.05) is 0 Å². The Morgan fingerprint density at radius 1 is 1.05 bits per heavy atom. The zero-order chi connectivity index (χ0) is 32.4. The molecule has 0 fully saturated rings. The van der Waals surface area contributed by atoms with Gasteiger partial charge in [-0.3, -0.25) is 14.2 Å². The van der Waals surface area contributed by atoms with Crippen molar-refractivity contribution in [3.63, 3.8) is 0 Å². The van der Waals surface area contributed by atoms with Crippen LogP contribution in [-0.4, -0.2) is 49.0 Å². The molecule has 4 N–H and O–H groups in total. The van der Waals surface area contributed by atoms with Crippen molar-refractivity contribution < 1.29 is 44.3 Å². The van der Waals surface area contributed by atoms with E-state index in [0.29, 0.717) is 12.4 Å². The van der Waals surface area contributed by atoms with Gasteiger partial charge < -0.3 is 15.8 Å². The number of hydrogen-bond donors (Lipinski definition) is 3. The maximum absolute atomic E-state index is 14.9. The molecule has 1 aromatic carbocycles. The third kappa shape index (κ3) is 7.24. The summed E-state index contributed by atoms with van der Waals surface area (Å²) in [6, 6.07) is 0.642. The molecule has 0 amide bonds. The van der Waals surface area contributed by atoms with Crippen molar-refractivity contribution >= 4 is 22.4 Å². The van der Waals surface area contributed by atoms with Gasteiger partial charge in [-0.25, -0.2) is 24.4 Å². The van der Waals surface area contributed by atoms with Crippen LogP contribution in [-0.2, 0) is 23.6 Å². The first-order chi connectivity index (χ1) is 20.6. The lowest BCUT2D eigenvalue weighted by Crippen LogP contribution is -2.32. The summed E-state index contributed by atoms with van der Waals surface area (Å²) in [5.74, 6) is -2.04. The number of fused-ring (bicyclic) bond motifs is 1. The van der Waals surface area contributed by atoms with Crippen LogP contribution in [0.3, 0.4) is 0 Å². The molecule has 236 valence electrons. The van der Waals surface area contributed by atoms with Gasteiger partial charge in [0.2, 0.25) is 0 Å². The number of halogens is 9. The van der Waals surface area contributed by atoms with Gasteiger partial charge in [-0.15, -0.1) is 0 Å². The number of H-pyrrole nitrogens is 1. The second-order valence-electron chi connectivity index (χ2n) is 9.14. The van der Waals surface area contributed by atoms with Crippen molar-refractivity contribution in [2.24, 2.45) is 0 Å². The van der Waals surface area contributed by atoms with Crippen molar-refractivity contribution in [2.75, 3.05) is 17.7 Å². The fourth-order valence-corrected chi connectivity index (χ4v) is 4.19.